The highest BCUT2D eigenvalue weighted by Crippen LogP contribution is 2.32. The first-order chi connectivity index (χ1) is 10.7. The predicted octanol–water partition coefficient (Wildman–Crippen LogP) is 3.75. The largest absolute Gasteiger partial charge is 0.465 e. The number of nitrogens with zero attached hydrogens (tertiary/aromatic N) is 1. The second-order valence-corrected chi connectivity index (χ2v) is 6.12. The van der Waals surface area contributed by atoms with Gasteiger partial charge in [0, 0.05) is 27.5 Å². The normalized spacial score (nSPS) is 15.4. The van der Waals surface area contributed by atoms with E-state index >= 15 is 0 Å². The molecule has 1 N–H and O–H groups in total. The number of benzene rings is 1. The summed E-state index contributed by atoms with van der Waals surface area (Å²) < 4.78 is 7.23. The molecule has 0 saturated carbocycles. The molecule has 0 spiro atoms. The van der Waals surface area contributed by atoms with Crippen LogP contribution in [0.4, 0.5) is 0 Å². The summed E-state index contributed by atoms with van der Waals surface area (Å²) in [6.07, 6.45) is 2.18. The number of ether oxygens (including phenoxy) is 1. The molecule has 2 aromatic rings. The van der Waals surface area contributed by atoms with Gasteiger partial charge in [-0.25, -0.2) is 0 Å². The monoisotopic (exact) mass is 356 g/mol. The number of piperidine rings is 1. The molecule has 3 rings (SSSR count). The van der Waals surface area contributed by atoms with Crippen molar-refractivity contribution >= 4 is 40.9 Å². The van der Waals surface area contributed by atoms with Crippen LogP contribution in [0.1, 0.15) is 31.4 Å². The summed E-state index contributed by atoms with van der Waals surface area (Å²) in [6, 6.07) is 8.00. The van der Waals surface area contributed by atoms with Gasteiger partial charge in [-0.1, -0.05) is 11.6 Å². The van der Waals surface area contributed by atoms with Crippen LogP contribution in [-0.4, -0.2) is 30.2 Å². The summed E-state index contributed by atoms with van der Waals surface area (Å²) in [6.45, 7) is 4.54. The first kappa shape index (κ1) is 18.1. The van der Waals surface area contributed by atoms with Gasteiger partial charge in [0.1, 0.15) is 6.54 Å². The lowest BCUT2D eigenvalue weighted by atomic mass is 9.94. The van der Waals surface area contributed by atoms with Crippen molar-refractivity contribution < 1.29 is 9.53 Å². The van der Waals surface area contributed by atoms with E-state index in [9.17, 15) is 4.79 Å². The first-order valence-electron chi connectivity index (χ1n) is 7.84. The van der Waals surface area contributed by atoms with Crippen molar-refractivity contribution in [1.29, 1.82) is 0 Å². The third kappa shape index (κ3) is 4.00. The van der Waals surface area contributed by atoms with E-state index in [4.69, 9.17) is 16.3 Å². The fourth-order valence-corrected chi connectivity index (χ4v) is 3.41. The number of aromatic nitrogens is 1. The summed E-state index contributed by atoms with van der Waals surface area (Å²) in [7, 11) is 0. The maximum absolute atomic E-state index is 12.0. The van der Waals surface area contributed by atoms with E-state index < -0.39 is 0 Å². The lowest BCUT2D eigenvalue weighted by Gasteiger charge is -2.24. The molecule has 126 valence electrons. The Balaban J connectivity index is 0.00000192. The zero-order chi connectivity index (χ0) is 15.5. The lowest BCUT2D eigenvalue weighted by Crippen LogP contribution is -2.28. The topological polar surface area (TPSA) is 43.3 Å². The SMILES string of the molecule is CCOC(=O)Cn1c(C2CCNCC2)cc2cc(Cl)ccc21.Cl. The fourth-order valence-electron chi connectivity index (χ4n) is 3.23. The Kier molecular flexibility index (Phi) is 6.33. The molecule has 0 atom stereocenters. The molecule has 1 aliphatic heterocycles. The number of halogens is 2. The average molecular weight is 357 g/mol. The van der Waals surface area contributed by atoms with E-state index in [-0.39, 0.29) is 24.9 Å². The van der Waals surface area contributed by atoms with Gasteiger partial charge in [0.05, 0.1) is 6.61 Å². The molecule has 6 heteroatoms. The molecule has 0 unspecified atom stereocenters. The van der Waals surface area contributed by atoms with Crippen LogP contribution in [-0.2, 0) is 16.1 Å². The van der Waals surface area contributed by atoms with E-state index in [2.05, 4.69) is 16.0 Å². The summed E-state index contributed by atoms with van der Waals surface area (Å²) in [5, 5.41) is 5.19. The van der Waals surface area contributed by atoms with Crippen molar-refractivity contribution in [3.8, 4) is 0 Å². The Bertz CT molecular complexity index is 679. The molecule has 0 bridgehead atoms. The maximum atomic E-state index is 12.0. The summed E-state index contributed by atoms with van der Waals surface area (Å²) in [4.78, 5) is 12.0. The predicted molar refractivity (Wildman–Crippen MR) is 95.7 cm³/mol. The molecular formula is C17H22Cl2N2O2. The number of rotatable bonds is 4. The first-order valence-corrected chi connectivity index (χ1v) is 8.22. The van der Waals surface area contributed by atoms with Crippen LogP contribution in [0.25, 0.3) is 10.9 Å². The molecule has 1 aromatic carbocycles. The lowest BCUT2D eigenvalue weighted by molar-refractivity contribution is -0.143. The number of nitrogens with one attached hydrogen (secondary N) is 1. The van der Waals surface area contributed by atoms with Crippen molar-refractivity contribution in [2.24, 2.45) is 0 Å². The van der Waals surface area contributed by atoms with Gasteiger partial charge in [0.2, 0.25) is 0 Å². The van der Waals surface area contributed by atoms with Gasteiger partial charge in [-0.2, -0.15) is 0 Å². The smallest absolute Gasteiger partial charge is 0.325 e. The van der Waals surface area contributed by atoms with Gasteiger partial charge in [-0.05, 0) is 57.1 Å². The minimum Gasteiger partial charge on any atom is -0.465 e. The van der Waals surface area contributed by atoms with Crippen LogP contribution >= 0.6 is 24.0 Å². The molecule has 23 heavy (non-hydrogen) atoms. The maximum Gasteiger partial charge on any atom is 0.325 e. The molecular weight excluding hydrogens is 335 g/mol. The second-order valence-electron chi connectivity index (χ2n) is 5.69. The quantitative estimate of drug-likeness (QED) is 0.848. The number of hydrogen-bond acceptors (Lipinski definition) is 3. The van der Waals surface area contributed by atoms with Crippen molar-refractivity contribution in [1.82, 2.24) is 9.88 Å². The molecule has 0 aliphatic carbocycles. The van der Waals surface area contributed by atoms with Gasteiger partial charge < -0.3 is 14.6 Å². The van der Waals surface area contributed by atoms with Gasteiger partial charge in [-0.3, -0.25) is 4.79 Å². The molecule has 0 amide bonds. The van der Waals surface area contributed by atoms with Crippen molar-refractivity contribution in [3.05, 3.63) is 35.0 Å². The second kappa shape index (κ2) is 8.04. The number of carbonyl (C=O) groups is 1. The van der Waals surface area contributed by atoms with Gasteiger partial charge in [0.25, 0.3) is 0 Å². The Morgan fingerprint density at radius 2 is 2.09 bits per heavy atom. The Morgan fingerprint density at radius 1 is 1.35 bits per heavy atom. The van der Waals surface area contributed by atoms with E-state index in [0.29, 0.717) is 12.5 Å². The molecule has 1 aliphatic rings. The fraction of sp³-hybridized carbons (Fsp3) is 0.471. The van der Waals surface area contributed by atoms with Crippen LogP contribution in [0.5, 0.6) is 0 Å². The highest BCUT2D eigenvalue weighted by Gasteiger charge is 2.22. The highest BCUT2D eigenvalue weighted by molar-refractivity contribution is 6.31. The number of fused-ring (bicyclic) bond motifs is 1. The Hall–Kier alpha value is -1.23. The van der Waals surface area contributed by atoms with Crippen LogP contribution in [0, 0.1) is 0 Å². The van der Waals surface area contributed by atoms with Crippen molar-refractivity contribution in [2.45, 2.75) is 32.2 Å². The average Bonchev–Trinajstić information content (AvgIpc) is 2.86. The molecule has 0 radical (unpaired) electrons. The minimum atomic E-state index is -0.190. The summed E-state index contributed by atoms with van der Waals surface area (Å²) in [5.41, 5.74) is 2.26. The summed E-state index contributed by atoms with van der Waals surface area (Å²) >= 11 is 6.11. The van der Waals surface area contributed by atoms with E-state index in [1.165, 1.54) is 5.69 Å². The number of esters is 1. The van der Waals surface area contributed by atoms with Gasteiger partial charge in [-0.15, -0.1) is 12.4 Å². The molecule has 1 aromatic heterocycles. The molecule has 1 fully saturated rings. The Morgan fingerprint density at radius 3 is 2.78 bits per heavy atom. The van der Waals surface area contributed by atoms with E-state index in [0.717, 1.165) is 41.9 Å². The highest BCUT2D eigenvalue weighted by atomic mass is 35.5. The van der Waals surface area contributed by atoms with Crippen LogP contribution in [0.15, 0.2) is 24.3 Å². The minimum absolute atomic E-state index is 0. The van der Waals surface area contributed by atoms with E-state index in [1.54, 1.807) is 0 Å². The van der Waals surface area contributed by atoms with Crippen LogP contribution < -0.4 is 5.32 Å². The van der Waals surface area contributed by atoms with Crippen LogP contribution in [0.2, 0.25) is 5.02 Å². The molecule has 4 nitrogen and oxygen atoms in total. The van der Waals surface area contributed by atoms with Crippen molar-refractivity contribution in [2.75, 3.05) is 19.7 Å². The zero-order valence-corrected chi connectivity index (χ0v) is 14.8. The standard InChI is InChI=1S/C17H21ClN2O2.ClH/c1-2-22-17(21)11-20-15-4-3-14(18)9-13(15)10-16(20)12-5-7-19-8-6-12;/h3-4,9-10,12,19H,2,5-8,11H2,1H3;1H. The third-order valence-corrected chi connectivity index (χ3v) is 4.48. The number of carbonyl (C=O) groups excluding carboxylic acids is 1. The van der Waals surface area contributed by atoms with E-state index in [1.807, 2.05) is 25.1 Å². The van der Waals surface area contributed by atoms with Crippen LogP contribution in [0.3, 0.4) is 0 Å². The zero-order valence-electron chi connectivity index (χ0n) is 13.2. The molecule has 2 heterocycles. The molecule has 1 saturated heterocycles. The van der Waals surface area contributed by atoms with Gasteiger partial charge >= 0.3 is 5.97 Å². The van der Waals surface area contributed by atoms with Crippen molar-refractivity contribution in [3.63, 3.8) is 0 Å². The summed E-state index contributed by atoms with van der Waals surface area (Å²) in [5.74, 6) is 0.284. The van der Waals surface area contributed by atoms with Gasteiger partial charge in [0.15, 0.2) is 0 Å². The number of hydrogen-bond donors (Lipinski definition) is 1. The third-order valence-electron chi connectivity index (χ3n) is 4.25. The Labute approximate surface area is 147 Å².